The summed E-state index contributed by atoms with van der Waals surface area (Å²) in [5.41, 5.74) is 13.3. The molecule has 1 aromatic heterocycles. The minimum absolute atomic E-state index is 0. The topological polar surface area (TPSA) is 96.3 Å². The van der Waals surface area contributed by atoms with Gasteiger partial charge in [0.15, 0.2) is 11.6 Å². The Labute approximate surface area is 177 Å². The first-order valence-electron chi connectivity index (χ1n) is 9.49. The number of ether oxygens (including phenoxy) is 2. The summed E-state index contributed by atoms with van der Waals surface area (Å²) in [5.74, 6) is 2.37. The van der Waals surface area contributed by atoms with Crippen LogP contribution in [0.15, 0.2) is 18.2 Å². The van der Waals surface area contributed by atoms with Crippen molar-refractivity contribution in [1.29, 1.82) is 0 Å². The monoisotopic (exact) mass is 426 g/mol. The van der Waals surface area contributed by atoms with Gasteiger partial charge in [0.05, 0.1) is 18.9 Å². The maximum atomic E-state index is 6.22. The van der Waals surface area contributed by atoms with Crippen LogP contribution in [0.1, 0.15) is 55.7 Å². The van der Waals surface area contributed by atoms with E-state index in [0.29, 0.717) is 30.6 Å². The van der Waals surface area contributed by atoms with E-state index in [0.717, 1.165) is 17.2 Å². The van der Waals surface area contributed by atoms with Crippen LogP contribution in [0.2, 0.25) is 5.02 Å². The predicted molar refractivity (Wildman–Crippen MR) is 116 cm³/mol. The average Bonchev–Trinajstić information content (AvgIpc) is 2.65. The molecule has 0 atom stereocenters. The average molecular weight is 427 g/mol. The first-order chi connectivity index (χ1) is 13.0. The molecule has 1 saturated carbocycles. The number of nitrogens with zero attached hydrogens (tertiary/aromatic N) is 2. The quantitative estimate of drug-likeness (QED) is 0.609. The molecule has 4 N–H and O–H groups in total. The van der Waals surface area contributed by atoms with Gasteiger partial charge in [-0.3, -0.25) is 0 Å². The van der Waals surface area contributed by atoms with Crippen molar-refractivity contribution >= 4 is 35.8 Å². The number of nitrogens with two attached hydrogens (primary N) is 2. The van der Waals surface area contributed by atoms with E-state index in [1.54, 1.807) is 6.92 Å². The molecule has 28 heavy (non-hydrogen) atoms. The molecule has 8 heteroatoms. The maximum Gasteiger partial charge on any atom is 0.222 e. The highest BCUT2D eigenvalue weighted by Gasteiger charge is 2.19. The Morgan fingerprint density at radius 1 is 1.07 bits per heavy atom. The molecule has 0 spiro atoms. The molecule has 0 amide bonds. The molecule has 6 nitrogen and oxygen atoms in total. The van der Waals surface area contributed by atoms with Crippen molar-refractivity contribution < 1.29 is 9.47 Å². The van der Waals surface area contributed by atoms with Crippen molar-refractivity contribution in [3.63, 3.8) is 0 Å². The third-order valence-electron chi connectivity index (χ3n) is 4.89. The molecule has 2 aromatic rings. The second-order valence-corrected chi connectivity index (χ2v) is 7.39. The Morgan fingerprint density at radius 3 is 2.50 bits per heavy atom. The molecule has 0 saturated heterocycles. The van der Waals surface area contributed by atoms with Gasteiger partial charge in [0.1, 0.15) is 5.75 Å². The van der Waals surface area contributed by atoms with Gasteiger partial charge in [0.2, 0.25) is 5.95 Å². The van der Waals surface area contributed by atoms with Gasteiger partial charge in [-0.25, -0.2) is 4.98 Å². The minimum Gasteiger partial charge on any atom is -0.493 e. The molecule has 0 unspecified atom stereocenters. The third kappa shape index (κ3) is 5.79. The zero-order valence-electron chi connectivity index (χ0n) is 16.1. The second-order valence-electron chi connectivity index (χ2n) is 6.95. The number of halogens is 2. The Kier molecular flexibility index (Phi) is 8.45. The molecule has 1 aliphatic rings. The summed E-state index contributed by atoms with van der Waals surface area (Å²) in [6.07, 6.45) is 6.99. The highest BCUT2D eigenvalue weighted by molar-refractivity contribution is 6.30. The number of aryl methyl sites for hydroxylation is 1. The Balaban J connectivity index is 0.00000280. The van der Waals surface area contributed by atoms with Crippen LogP contribution in [0.25, 0.3) is 0 Å². The highest BCUT2D eigenvalue weighted by atomic mass is 35.5. The molecule has 1 aliphatic carbocycles. The van der Waals surface area contributed by atoms with Crippen LogP contribution >= 0.6 is 24.0 Å². The van der Waals surface area contributed by atoms with Gasteiger partial charge in [0, 0.05) is 11.4 Å². The molecule has 0 aliphatic heterocycles. The molecule has 1 aromatic carbocycles. The summed E-state index contributed by atoms with van der Waals surface area (Å²) in [7, 11) is 0. The number of rotatable bonds is 7. The van der Waals surface area contributed by atoms with Crippen LogP contribution < -0.4 is 20.9 Å². The normalized spacial score (nSPS) is 14.4. The van der Waals surface area contributed by atoms with Crippen LogP contribution in [0, 0.1) is 6.92 Å². The van der Waals surface area contributed by atoms with Crippen molar-refractivity contribution in [3.05, 3.63) is 34.5 Å². The summed E-state index contributed by atoms with van der Waals surface area (Å²) < 4.78 is 11.8. The first kappa shape index (κ1) is 22.4. The lowest BCUT2D eigenvalue weighted by molar-refractivity contribution is 0.243. The largest absolute Gasteiger partial charge is 0.493 e. The lowest BCUT2D eigenvalue weighted by Crippen LogP contribution is -2.11. The number of hydrogen-bond donors (Lipinski definition) is 2. The summed E-state index contributed by atoms with van der Waals surface area (Å²) in [6.45, 7) is 2.81. The van der Waals surface area contributed by atoms with E-state index < -0.39 is 0 Å². The Bertz CT molecular complexity index is 760. The summed E-state index contributed by atoms with van der Waals surface area (Å²) in [5, 5.41) is 0.764. The molecule has 0 radical (unpaired) electrons. The van der Waals surface area contributed by atoms with Crippen molar-refractivity contribution in [3.8, 4) is 11.5 Å². The van der Waals surface area contributed by atoms with Crippen LogP contribution in [0.5, 0.6) is 11.5 Å². The number of aromatic nitrogens is 2. The van der Waals surface area contributed by atoms with Crippen LogP contribution in [0.4, 0.5) is 11.8 Å². The fourth-order valence-electron chi connectivity index (χ4n) is 3.58. The molecule has 3 rings (SSSR count). The fourth-order valence-corrected chi connectivity index (χ4v) is 3.76. The van der Waals surface area contributed by atoms with E-state index in [2.05, 4.69) is 16.0 Å². The molecule has 1 fully saturated rings. The fraction of sp³-hybridized carbons (Fsp3) is 0.500. The van der Waals surface area contributed by atoms with Crippen molar-refractivity contribution in [2.45, 2.75) is 51.4 Å². The van der Waals surface area contributed by atoms with Gasteiger partial charge < -0.3 is 20.9 Å². The molecule has 0 bridgehead atoms. The van der Waals surface area contributed by atoms with Crippen molar-refractivity contribution in [1.82, 2.24) is 9.97 Å². The zero-order valence-corrected chi connectivity index (χ0v) is 17.7. The van der Waals surface area contributed by atoms with Crippen LogP contribution in [-0.2, 0) is 0 Å². The van der Waals surface area contributed by atoms with Crippen LogP contribution in [0.3, 0.4) is 0 Å². The Hall–Kier alpha value is -1.92. The third-order valence-corrected chi connectivity index (χ3v) is 5.12. The van der Waals surface area contributed by atoms with E-state index in [1.807, 2.05) is 12.1 Å². The molecular weight excluding hydrogens is 399 g/mol. The molecule has 154 valence electrons. The number of nitrogen functional groups attached to an aromatic ring is 2. The Morgan fingerprint density at radius 2 is 1.79 bits per heavy atom. The smallest absolute Gasteiger partial charge is 0.222 e. The second kappa shape index (κ2) is 10.6. The van der Waals surface area contributed by atoms with E-state index >= 15 is 0 Å². The lowest BCUT2D eigenvalue weighted by Gasteiger charge is -2.24. The summed E-state index contributed by atoms with van der Waals surface area (Å²) in [6, 6.07) is 5.91. The van der Waals surface area contributed by atoms with E-state index in [9.17, 15) is 0 Å². The highest BCUT2D eigenvalue weighted by Crippen LogP contribution is 2.38. The lowest BCUT2D eigenvalue weighted by atomic mass is 9.84. The number of benzene rings is 1. The maximum absolute atomic E-state index is 6.22. The standard InChI is InChI=1S/C20H27ClN4O2.ClH/c1-13-18(19(22)25-20(23)24-13)27-11-5-10-26-17-9-8-15(21)12-16(17)14-6-3-2-4-7-14;/h8-9,12,14H,2-7,10-11H2,1H3,(H4,22,23,24,25);1H. The van der Waals surface area contributed by atoms with Gasteiger partial charge in [-0.2, -0.15) is 4.98 Å². The number of hydrogen-bond acceptors (Lipinski definition) is 6. The predicted octanol–water partition coefficient (Wildman–Crippen LogP) is 4.92. The van der Waals surface area contributed by atoms with Gasteiger partial charge >= 0.3 is 0 Å². The van der Waals surface area contributed by atoms with Crippen molar-refractivity contribution in [2.75, 3.05) is 24.7 Å². The van der Waals surface area contributed by atoms with E-state index in [-0.39, 0.29) is 24.2 Å². The van der Waals surface area contributed by atoms with Gasteiger partial charge in [0.25, 0.3) is 0 Å². The first-order valence-corrected chi connectivity index (χ1v) is 9.87. The van der Waals surface area contributed by atoms with E-state index in [1.165, 1.54) is 37.7 Å². The van der Waals surface area contributed by atoms with Gasteiger partial charge in [-0.15, -0.1) is 12.4 Å². The van der Waals surface area contributed by atoms with Crippen molar-refractivity contribution in [2.24, 2.45) is 0 Å². The van der Waals surface area contributed by atoms with Gasteiger partial charge in [-0.1, -0.05) is 30.9 Å². The molecular formula is C20H28Cl2N4O2. The summed E-state index contributed by atoms with van der Waals surface area (Å²) in [4.78, 5) is 8.00. The zero-order chi connectivity index (χ0) is 19.2. The number of anilines is 2. The van der Waals surface area contributed by atoms with Crippen LogP contribution in [-0.4, -0.2) is 23.2 Å². The van der Waals surface area contributed by atoms with E-state index in [4.69, 9.17) is 32.5 Å². The summed E-state index contributed by atoms with van der Waals surface area (Å²) >= 11 is 6.22. The minimum atomic E-state index is 0. The van der Waals surface area contributed by atoms with Gasteiger partial charge in [-0.05, 0) is 49.4 Å². The molecule has 1 heterocycles. The SMILES string of the molecule is Cc1nc(N)nc(N)c1OCCCOc1ccc(Cl)cc1C1CCCCC1.Cl.